The number of rotatable bonds is 3. The van der Waals surface area contributed by atoms with E-state index in [0.29, 0.717) is 5.82 Å². The summed E-state index contributed by atoms with van der Waals surface area (Å²) in [6.45, 7) is 0.782. The summed E-state index contributed by atoms with van der Waals surface area (Å²) in [5.74, 6) is -1.43. The molecule has 0 fully saturated rings. The van der Waals surface area contributed by atoms with Gasteiger partial charge in [-0.05, 0) is 42.3 Å². The van der Waals surface area contributed by atoms with Crippen molar-refractivity contribution >= 4 is 23.1 Å². The van der Waals surface area contributed by atoms with Crippen molar-refractivity contribution < 1.29 is 13.6 Å². The molecule has 130 valence electrons. The number of nitrogens with one attached hydrogen (secondary N) is 1. The van der Waals surface area contributed by atoms with Crippen LogP contribution < -0.4 is 10.2 Å². The van der Waals surface area contributed by atoms with Crippen molar-refractivity contribution in [3.8, 4) is 0 Å². The Morgan fingerprint density at radius 1 is 1.04 bits per heavy atom. The number of para-hydroxylation sites is 1. The molecule has 4 nitrogen and oxygen atoms in total. The number of nitrogens with zero attached hydrogens (tertiary/aromatic N) is 2. The molecule has 1 amide bonds. The maximum absolute atomic E-state index is 13.7. The smallest absolute Gasteiger partial charge is 0.274 e. The number of carbonyl (C=O) groups excluding carboxylic acids is 1. The SMILES string of the molecule is O=C(Nc1ccc(F)cc1F)c1cccc(N2CCc3ccccc32)n1. The van der Waals surface area contributed by atoms with Crippen molar-refractivity contribution in [3.05, 3.63) is 83.6 Å². The van der Waals surface area contributed by atoms with Crippen molar-refractivity contribution in [2.75, 3.05) is 16.8 Å². The van der Waals surface area contributed by atoms with E-state index in [0.717, 1.165) is 30.8 Å². The number of hydrogen-bond donors (Lipinski definition) is 1. The molecule has 1 aliphatic rings. The lowest BCUT2D eigenvalue weighted by Crippen LogP contribution is -2.19. The van der Waals surface area contributed by atoms with Crippen LogP contribution in [0.2, 0.25) is 0 Å². The number of hydrogen-bond acceptors (Lipinski definition) is 3. The summed E-state index contributed by atoms with van der Waals surface area (Å²) >= 11 is 0. The molecule has 4 rings (SSSR count). The molecule has 1 N–H and O–H groups in total. The largest absolute Gasteiger partial charge is 0.326 e. The van der Waals surface area contributed by atoms with E-state index in [1.807, 2.05) is 29.2 Å². The van der Waals surface area contributed by atoms with Crippen LogP contribution in [0.3, 0.4) is 0 Å². The lowest BCUT2D eigenvalue weighted by atomic mass is 10.2. The van der Waals surface area contributed by atoms with E-state index in [1.54, 1.807) is 12.1 Å². The van der Waals surface area contributed by atoms with Crippen molar-refractivity contribution in [1.29, 1.82) is 0 Å². The van der Waals surface area contributed by atoms with Gasteiger partial charge < -0.3 is 10.2 Å². The van der Waals surface area contributed by atoms with E-state index in [2.05, 4.69) is 16.4 Å². The zero-order valence-electron chi connectivity index (χ0n) is 13.7. The molecule has 6 heteroatoms. The third-order valence-electron chi connectivity index (χ3n) is 4.31. The number of benzene rings is 2. The molecule has 0 saturated heterocycles. The van der Waals surface area contributed by atoms with Gasteiger partial charge in [0.15, 0.2) is 0 Å². The van der Waals surface area contributed by atoms with Gasteiger partial charge in [-0.15, -0.1) is 0 Å². The molecular weight excluding hydrogens is 336 g/mol. The van der Waals surface area contributed by atoms with E-state index in [1.165, 1.54) is 11.6 Å². The van der Waals surface area contributed by atoms with E-state index in [9.17, 15) is 13.6 Å². The number of amides is 1. The van der Waals surface area contributed by atoms with Gasteiger partial charge in [0.25, 0.3) is 5.91 Å². The van der Waals surface area contributed by atoms with E-state index >= 15 is 0 Å². The van der Waals surface area contributed by atoms with Gasteiger partial charge in [0.2, 0.25) is 0 Å². The first-order chi connectivity index (χ1) is 12.6. The Labute approximate surface area is 149 Å². The van der Waals surface area contributed by atoms with Crippen LogP contribution in [0.15, 0.2) is 60.7 Å². The highest BCUT2D eigenvalue weighted by molar-refractivity contribution is 6.03. The summed E-state index contributed by atoms with van der Waals surface area (Å²) in [6.07, 6.45) is 0.912. The Bertz CT molecular complexity index is 990. The molecule has 0 saturated carbocycles. The lowest BCUT2D eigenvalue weighted by molar-refractivity contribution is 0.102. The van der Waals surface area contributed by atoms with Crippen LogP contribution in [-0.4, -0.2) is 17.4 Å². The topological polar surface area (TPSA) is 45.2 Å². The quantitative estimate of drug-likeness (QED) is 0.765. The van der Waals surface area contributed by atoms with Crippen LogP contribution in [0.1, 0.15) is 16.1 Å². The molecule has 0 spiro atoms. The third-order valence-corrected chi connectivity index (χ3v) is 4.31. The van der Waals surface area contributed by atoms with Gasteiger partial charge in [0.05, 0.1) is 5.69 Å². The molecule has 0 radical (unpaired) electrons. The molecule has 26 heavy (non-hydrogen) atoms. The highest BCUT2D eigenvalue weighted by Gasteiger charge is 2.21. The Hall–Kier alpha value is -3.28. The maximum atomic E-state index is 13.7. The first-order valence-corrected chi connectivity index (χ1v) is 8.21. The number of anilines is 3. The van der Waals surface area contributed by atoms with Crippen LogP contribution in [0.25, 0.3) is 0 Å². The molecule has 0 aliphatic carbocycles. The summed E-state index contributed by atoms with van der Waals surface area (Å²) < 4.78 is 26.7. The van der Waals surface area contributed by atoms with Gasteiger partial charge in [0.1, 0.15) is 23.1 Å². The minimum absolute atomic E-state index is 0.0879. The van der Waals surface area contributed by atoms with Crippen molar-refractivity contribution in [2.45, 2.75) is 6.42 Å². The van der Waals surface area contributed by atoms with Crippen LogP contribution in [0.5, 0.6) is 0 Å². The number of pyridine rings is 1. The fourth-order valence-corrected chi connectivity index (χ4v) is 3.05. The number of aromatic nitrogens is 1. The second-order valence-electron chi connectivity index (χ2n) is 5.99. The Morgan fingerprint density at radius 3 is 2.73 bits per heavy atom. The molecule has 0 bridgehead atoms. The van der Waals surface area contributed by atoms with Gasteiger partial charge >= 0.3 is 0 Å². The monoisotopic (exact) mass is 351 g/mol. The number of fused-ring (bicyclic) bond motifs is 1. The second kappa shape index (κ2) is 6.55. The number of halogens is 2. The van der Waals surface area contributed by atoms with E-state index < -0.39 is 17.5 Å². The van der Waals surface area contributed by atoms with Crippen molar-refractivity contribution in [2.24, 2.45) is 0 Å². The van der Waals surface area contributed by atoms with E-state index in [4.69, 9.17) is 0 Å². The summed E-state index contributed by atoms with van der Waals surface area (Å²) in [5.41, 5.74) is 2.38. The fraction of sp³-hybridized carbons (Fsp3) is 0.100. The van der Waals surface area contributed by atoms with E-state index in [-0.39, 0.29) is 11.4 Å². The van der Waals surface area contributed by atoms with Crippen LogP contribution >= 0.6 is 0 Å². The zero-order chi connectivity index (χ0) is 18.1. The summed E-state index contributed by atoms with van der Waals surface area (Å²) in [7, 11) is 0. The van der Waals surface area contributed by atoms with Crippen LogP contribution in [-0.2, 0) is 6.42 Å². The Balaban J connectivity index is 1.59. The standard InChI is InChI=1S/C20H15F2N3O/c21-14-8-9-16(15(22)12-14)24-20(26)17-5-3-7-19(23-17)25-11-10-13-4-1-2-6-18(13)25/h1-9,12H,10-11H2,(H,24,26). The zero-order valence-corrected chi connectivity index (χ0v) is 13.7. The Morgan fingerprint density at radius 2 is 1.88 bits per heavy atom. The van der Waals surface area contributed by atoms with Gasteiger partial charge in [-0.25, -0.2) is 13.8 Å². The normalized spacial score (nSPS) is 12.8. The second-order valence-corrected chi connectivity index (χ2v) is 5.99. The van der Waals surface area contributed by atoms with Gasteiger partial charge in [0, 0.05) is 18.3 Å². The minimum atomic E-state index is -0.831. The number of carbonyl (C=O) groups is 1. The maximum Gasteiger partial charge on any atom is 0.274 e. The molecule has 2 heterocycles. The fourth-order valence-electron chi connectivity index (χ4n) is 3.05. The summed E-state index contributed by atoms with van der Waals surface area (Å²) in [6, 6.07) is 16.2. The van der Waals surface area contributed by atoms with Crippen LogP contribution in [0.4, 0.5) is 26.0 Å². The Kier molecular flexibility index (Phi) is 4.08. The highest BCUT2D eigenvalue weighted by atomic mass is 19.1. The first kappa shape index (κ1) is 16.2. The predicted octanol–water partition coefficient (Wildman–Crippen LogP) is 4.31. The average molecular weight is 351 g/mol. The summed E-state index contributed by atoms with van der Waals surface area (Å²) in [5, 5.41) is 2.43. The molecule has 3 aromatic rings. The van der Waals surface area contributed by atoms with Gasteiger partial charge in [-0.2, -0.15) is 0 Å². The molecule has 1 aliphatic heterocycles. The van der Waals surface area contributed by atoms with Gasteiger partial charge in [-0.1, -0.05) is 24.3 Å². The molecule has 2 aromatic carbocycles. The highest BCUT2D eigenvalue weighted by Crippen LogP contribution is 2.33. The summed E-state index contributed by atoms with van der Waals surface area (Å²) in [4.78, 5) is 18.9. The predicted molar refractivity (Wildman–Crippen MR) is 95.7 cm³/mol. The van der Waals surface area contributed by atoms with Crippen LogP contribution in [0, 0.1) is 11.6 Å². The third kappa shape index (κ3) is 3.01. The molecular formula is C20H15F2N3O. The molecule has 1 aromatic heterocycles. The first-order valence-electron chi connectivity index (χ1n) is 8.21. The van der Waals surface area contributed by atoms with Crippen molar-refractivity contribution in [3.63, 3.8) is 0 Å². The van der Waals surface area contributed by atoms with Crippen molar-refractivity contribution in [1.82, 2.24) is 4.98 Å². The average Bonchev–Trinajstić information content (AvgIpc) is 3.08. The lowest BCUT2D eigenvalue weighted by Gasteiger charge is -2.18. The minimum Gasteiger partial charge on any atom is -0.326 e. The molecule has 0 unspecified atom stereocenters. The molecule has 0 atom stereocenters. The van der Waals surface area contributed by atoms with Gasteiger partial charge in [-0.3, -0.25) is 4.79 Å².